The normalized spacial score (nSPS) is 21.9. The van der Waals surface area contributed by atoms with Crippen molar-refractivity contribution in [1.29, 1.82) is 0 Å². The van der Waals surface area contributed by atoms with Crippen molar-refractivity contribution in [1.82, 2.24) is 24.5 Å². The van der Waals surface area contributed by atoms with E-state index in [0.29, 0.717) is 40.6 Å². The molecule has 4 aromatic rings. The minimum absolute atomic E-state index is 0.233. The van der Waals surface area contributed by atoms with Crippen molar-refractivity contribution in [2.24, 2.45) is 7.05 Å². The van der Waals surface area contributed by atoms with Crippen LogP contribution >= 0.6 is 0 Å². The molecule has 3 aromatic heterocycles. The Bertz CT molecular complexity index is 1460. The molecule has 1 aliphatic heterocycles. The second-order valence-electron chi connectivity index (χ2n) is 9.97. The fraction of sp³-hybridized carbons (Fsp3) is 0.423. The van der Waals surface area contributed by atoms with Gasteiger partial charge in [-0.1, -0.05) is 0 Å². The largest absolute Gasteiger partial charge is 0.381 e. The van der Waals surface area contributed by atoms with E-state index in [0.717, 1.165) is 43.4 Å². The van der Waals surface area contributed by atoms with Gasteiger partial charge in [-0.2, -0.15) is 5.10 Å². The first-order valence-corrected chi connectivity index (χ1v) is 12.3. The molecule has 0 spiro atoms. The van der Waals surface area contributed by atoms with E-state index in [1.54, 1.807) is 35.5 Å². The quantitative estimate of drug-likeness (QED) is 0.431. The van der Waals surface area contributed by atoms with E-state index in [1.165, 1.54) is 6.07 Å². The van der Waals surface area contributed by atoms with Gasteiger partial charge in [-0.25, -0.2) is 9.37 Å². The fourth-order valence-electron chi connectivity index (χ4n) is 5.45. The molecule has 1 aliphatic carbocycles. The minimum Gasteiger partial charge on any atom is -0.381 e. The van der Waals surface area contributed by atoms with Crippen molar-refractivity contribution in [3.05, 3.63) is 53.9 Å². The van der Waals surface area contributed by atoms with E-state index in [-0.39, 0.29) is 11.6 Å². The second kappa shape index (κ2) is 8.86. The number of ether oxygens (including phenoxy) is 1. The molecule has 188 valence electrons. The lowest BCUT2D eigenvalue weighted by Gasteiger charge is -2.36. The molecule has 1 aromatic carbocycles. The van der Waals surface area contributed by atoms with Crippen LogP contribution in [0.3, 0.4) is 0 Å². The van der Waals surface area contributed by atoms with Crippen LogP contribution in [0, 0.1) is 12.7 Å². The van der Waals surface area contributed by atoms with Crippen LogP contribution in [0.2, 0.25) is 0 Å². The molecule has 0 unspecified atom stereocenters. The number of hydrogen-bond acceptors (Lipinski definition) is 6. The first kappa shape index (κ1) is 22.9. The van der Waals surface area contributed by atoms with E-state index in [9.17, 15) is 9.18 Å². The highest BCUT2D eigenvalue weighted by Gasteiger charge is 2.33. The molecule has 9 nitrogen and oxygen atoms in total. The number of benzene rings is 1. The van der Waals surface area contributed by atoms with Crippen molar-refractivity contribution in [3.63, 3.8) is 0 Å². The molecular formula is C26H30FN7O2. The topological polar surface area (TPSA) is 88.7 Å². The smallest absolute Gasteiger partial charge is 0.257 e. The Morgan fingerprint density at radius 1 is 1.19 bits per heavy atom. The number of carbonyl (C=O) groups is 1. The number of nitrogens with one attached hydrogen (secondary N) is 2. The van der Waals surface area contributed by atoms with Gasteiger partial charge in [0, 0.05) is 75.1 Å². The van der Waals surface area contributed by atoms with Gasteiger partial charge in [-0.3, -0.25) is 9.48 Å². The molecule has 0 radical (unpaired) electrons. The van der Waals surface area contributed by atoms with Gasteiger partial charge in [-0.05, 0) is 38.3 Å². The summed E-state index contributed by atoms with van der Waals surface area (Å²) in [5.41, 5.74) is 3.45. The number of fused-ring (bicyclic) bond motifs is 2. The lowest BCUT2D eigenvalue weighted by molar-refractivity contribution is 0.0149. The summed E-state index contributed by atoms with van der Waals surface area (Å²) >= 11 is 0. The zero-order valence-corrected chi connectivity index (χ0v) is 20.7. The maximum absolute atomic E-state index is 14.5. The Balaban J connectivity index is 1.22. The van der Waals surface area contributed by atoms with Gasteiger partial charge >= 0.3 is 0 Å². The molecule has 10 heteroatoms. The highest BCUT2D eigenvalue weighted by molar-refractivity contribution is 6.13. The lowest BCUT2D eigenvalue weighted by Crippen LogP contribution is -2.49. The number of anilines is 2. The Morgan fingerprint density at radius 3 is 2.83 bits per heavy atom. The first-order valence-electron chi connectivity index (χ1n) is 12.3. The van der Waals surface area contributed by atoms with Crippen molar-refractivity contribution in [2.45, 2.75) is 44.4 Å². The highest BCUT2D eigenvalue weighted by atomic mass is 19.1. The number of hydrogen-bond donors (Lipinski definition) is 2. The Kier molecular flexibility index (Phi) is 5.65. The van der Waals surface area contributed by atoms with Crippen LogP contribution in [0.5, 0.6) is 0 Å². The van der Waals surface area contributed by atoms with Crippen molar-refractivity contribution >= 4 is 33.8 Å². The first-order chi connectivity index (χ1) is 17.4. The molecule has 4 heterocycles. The number of nitrogens with zero attached hydrogens (tertiary/aromatic N) is 5. The molecule has 1 atom stereocenters. The maximum atomic E-state index is 14.5. The predicted molar refractivity (Wildman–Crippen MR) is 136 cm³/mol. The number of aryl methyl sites for hydroxylation is 2. The molecular weight excluding hydrogens is 461 g/mol. The van der Waals surface area contributed by atoms with Gasteiger partial charge in [-0.15, -0.1) is 0 Å². The number of halogens is 1. The number of pyridine rings is 1. The van der Waals surface area contributed by atoms with Crippen LogP contribution in [0.15, 0.2) is 36.8 Å². The summed E-state index contributed by atoms with van der Waals surface area (Å²) in [4.78, 5) is 19.8. The standard InChI is InChI=1S/C26H30FN7O2/c1-15-11-34-13-18(10-22(27)25(34)28-15)30-26(35)20-4-5-23(21-14-32(2)31-24(20)21)33-7-6-16(12-33)29-17-8-19(9-17)36-3/h4-5,10-11,13-14,16-17,19,29H,6-9,12H2,1-3H3,(H,30,35)/t16-,17?,19?/m1/s1. The molecule has 0 bridgehead atoms. The maximum Gasteiger partial charge on any atom is 0.257 e. The van der Waals surface area contributed by atoms with Crippen molar-refractivity contribution < 1.29 is 13.9 Å². The van der Waals surface area contributed by atoms with Crippen LogP contribution in [0.25, 0.3) is 16.6 Å². The molecule has 2 fully saturated rings. The zero-order valence-electron chi connectivity index (χ0n) is 20.7. The average molecular weight is 492 g/mol. The van der Waals surface area contributed by atoms with Crippen LogP contribution in [0.4, 0.5) is 15.8 Å². The summed E-state index contributed by atoms with van der Waals surface area (Å²) in [5.74, 6) is -0.824. The fourth-order valence-corrected chi connectivity index (χ4v) is 5.45. The lowest BCUT2D eigenvalue weighted by atomic mass is 9.88. The second-order valence-corrected chi connectivity index (χ2v) is 9.97. The number of amides is 1. The summed E-state index contributed by atoms with van der Waals surface area (Å²) in [5, 5.41) is 12.1. The summed E-state index contributed by atoms with van der Waals surface area (Å²) in [6, 6.07) is 6.05. The summed E-state index contributed by atoms with van der Waals surface area (Å²) < 4.78 is 23.2. The third kappa shape index (κ3) is 4.10. The third-order valence-corrected chi connectivity index (χ3v) is 7.33. The number of rotatable bonds is 6. The predicted octanol–water partition coefficient (Wildman–Crippen LogP) is 3.27. The van der Waals surface area contributed by atoms with Crippen molar-refractivity contribution in [3.8, 4) is 0 Å². The van der Waals surface area contributed by atoms with Crippen LogP contribution in [0.1, 0.15) is 35.3 Å². The highest BCUT2D eigenvalue weighted by Crippen LogP contribution is 2.32. The van der Waals surface area contributed by atoms with E-state index in [4.69, 9.17) is 4.74 Å². The van der Waals surface area contributed by atoms with E-state index < -0.39 is 5.82 Å². The SMILES string of the molecule is COC1CC(N[C@@H]2CCN(c3ccc(C(=O)Nc4cc(F)c5nc(C)cn5c4)c4nn(C)cc34)C2)C1. The molecule has 2 aliphatic rings. The van der Waals surface area contributed by atoms with Gasteiger partial charge in [0.05, 0.1) is 23.0 Å². The zero-order chi connectivity index (χ0) is 25.0. The monoisotopic (exact) mass is 491 g/mol. The van der Waals surface area contributed by atoms with Gasteiger partial charge in [0.25, 0.3) is 5.91 Å². The number of methoxy groups -OCH3 is 1. The van der Waals surface area contributed by atoms with Crippen LogP contribution in [-0.2, 0) is 11.8 Å². The Labute approximate surface area is 208 Å². The number of carbonyl (C=O) groups excluding carboxylic acids is 1. The van der Waals surface area contributed by atoms with Gasteiger partial charge in [0.15, 0.2) is 11.5 Å². The Morgan fingerprint density at radius 2 is 2.03 bits per heavy atom. The molecule has 1 amide bonds. The van der Waals surface area contributed by atoms with Crippen molar-refractivity contribution in [2.75, 3.05) is 30.4 Å². The number of imidazole rings is 1. The van der Waals surface area contributed by atoms with E-state index >= 15 is 0 Å². The molecule has 36 heavy (non-hydrogen) atoms. The van der Waals surface area contributed by atoms with Crippen LogP contribution in [-0.4, -0.2) is 63.5 Å². The van der Waals surface area contributed by atoms with E-state index in [1.807, 2.05) is 25.4 Å². The third-order valence-electron chi connectivity index (χ3n) is 7.33. The summed E-state index contributed by atoms with van der Waals surface area (Å²) in [6.45, 7) is 3.65. The molecule has 6 rings (SSSR count). The average Bonchev–Trinajstić information content (AvgIpc) is 3.52. The van der Waals surface area contributed by atoms with Gasteiger partial charge in [0.1, 0.15) is 5.52 Å². The minimum atomic E-state index is -0.490. The summed E-state index contributed by atoms with van der Waals surface area (Å²) in [6.07, 6.45) is 8.93. The van der Waals surface area contributed by atoms with E-state index in [2.05, 4.69) is 25.6 Å². The van der Waals surface area contributed by atoms with Gasteiger partial charge in [0.2, 0.25) is 0 Å². The molecule has 2 N–H and O–H groups in total. The number of aromatic nitrogens is 4. The molecule has 1 saturated carbocycles. The molecule has 1 saturated heterocycles. The van der Waals surface area contributed by atoms with Gasteiger partial charge < -0.3 is 24.7 Å². The Hall–Kier alpha value is -3.50. The summed E-state index contributed by atoms with van der Waals surface area (Å²) in [7, 11) is 3.63. The van der Waals surface area contributed by atoms with Crippen LogP contribution < -0.4 is 15.5 Å².